The molecule has 0 fully saturated rings. The first-order chi connectivity index (χ1) is 14.7. The maximum Gasteiger partial charge on any atom is 0.137 e. The third-order valence-corrected chi connectivity index (χ3v) is 6.07. The van der Waals surface area contributed by atoms with Crippen LogP contribution in [0.2, 0.25) is 0 Å². The quantitative estimate of drug-likeness (QED) is 0.529. The Bertz CT molecular complexity index is 1050. The van der Waals surface area contributed by atoms with Crippen molar-refractivity contribution in [2.75, 3.05) is 14.2 Å². The highest BCUT2D eigenvalue weighted by Crippen LogP contribution is 2.46. The third-order valence-electron chi connectivity index (χ3n) is 6.07. The average molecular weight is 396 g/mol. The first-order valence-electron chi connectivity index (χ1n) is 10.2. The van der Waals surface area contributed by atoms with Crippen molar-refractivity contribution in [1.82, 2.24) is 0 Å². The summed E-state index contributed by atoms with van der Waals surface area (Å²) in [5.74, 6) is 1.86. The third kappa shape index (κ3) is 3.03. The number of rotatable bonds is 4. The monoisotopic (exact) mass is 396 g/mol. The summed E-state index contributed by atoms with van der Waals surface area (Å²) in [6.45, 7) is 0. The number of methoxy groups -OCH3 is 2. The molecule has 3 nitrogen and oxygen atoms in total. The van der Waals surface area contributed by atoms with E-state index in [1.165, 1.54) is 11.1 Å². The second-order valence-corrected chi connectivity index (χ2v) is 7.65. The molecule has 30 heavy (non-hydrogen) atoms. The molecule has 3 aromatic carbocycles. The van der Waals surface area contributed by atoms with Crippen LogP contribution in [-0.2, 0) is 10.3 Å². The Kier molecular flexibility index (Phi) is 4.68. The minimum atomic E-state index is -0.684. The molecule has 150 valence electrons. The van der Waals surface area contributed by atoms with Crippen LogP contribution in [-0.4, -0.2) is 20.3 Å². The van der Waals surface area contributed by atoms with Crippen LogP contribution in [0.5, 0.6) is 11.5 Å². The highest BCUT2D eigenvalue weighted by atomic mass is 16.5. The van der Waals surface area contributed by atoms with E-state index in [1.807, 2.05) is 24.3 Å². The van der Waals surface area contributed by atoms with Crippen LogP contribution in [0.4, 0.5) is 0 Å². The molecule has 0 aromatic heterocycles. The van der Waals surface area contributed by atoms with E-state index in [0.717, 1.165) is 22.6 Å². The van der Waals surface area contributed by atoms with Crippen molar-refractivity contribution < 1.29 is 14.2 Å². The van der Waals surface area contributed by atoms with Crippen molar-refractivity contribution in [3.05, 3.63) is 113 Å². The van der Waals surface area contributed by atoms with E-state index < -0.39 is 5.60 Å². The second-order valence-electron chi connectivity index (χ2n) is 7.65. The fourth-order valence-electron chi connectivity index (χ4n) is 4.45. The minimum absolute atomic E-state index is 0.0471. The normalized spacial score (nSPS) is 20.9. The van der Waals surface area contributed by atoms with Gasteiger partial charge in [-0.05, 0) is 52.6 Å². The topological polar surface area (TPSA) is 27.7 Å². The van der Waals surface area contributed by atoms with E-state index in [9.17, 15) is 0 Å². The molecule has 5 rings (SSSR count). The zero-order valence-electron chi connectivity index (χ0n) is 17.1. The van der Waals surface area contributed by atoms with Gasteiger partial charge in [-0.3, -0.25) is 0 Å². The smallest absolute Gasteiger partial charge is 0.137 e. The summed E-state index contributed by atoms with van der Waals surface area (Å²) >= 11 is 0. The van der Waals surface area contributed by atoms with Crippen LogP contribution in [0.25, 0.3) is 6.08 Å². The summed E-state index contributed by atoms with van der Waals surface area (Å²) < 4.78 is 17.6. The molecule has 0 saturated carbocycles. The first kappa shape index (κ1) is 18.7. The van der Waals surface area contributed by atoms with E-state index in [0.29, 0.717) is 0 Å². The highest BCUT2D eigenvalue weighted by Gasteiger charge is 2.41. The van der Waals surface area contributed by atoms with Crippen molar-refractivity contribution in [2.45, 2.75) is 17.6 Å². The Morgan fingerprint density at radius 2 is 1.33 bits per heavy atom. The number of hydrogen-bond donors (Lipinski definition) is 0. The SMILES string of the molecule is COc1ccc(C2(c3ccc(OC)cc3)C=C[C@@H]3c4ccccc4C=C[C@H]3O2)cc1. The van der Waals surface area contributed by atoms with Gasteiger partial charge in [-0.25, -0.2) is 0 Å². The molecule has 2 atom stereocenters. The number of fused-ring (bicyclic) bond motifs is 3. The van der Waals surface area contributed by atoms with Gasteiger partial charge < -0.3 is 14.2 Å². The van der Waals surface area contributed by atoms with Gasteiger partial charge in [0, 0.05) is 5.92 Å². The van der Waals surface area contributed by atoms with Crippen molar-refractivity contribution in [3.63, 3.8) is 0 Å². The van der Waals surface area contributed by atoms with Crippen LogP contribution in [0.15, 0.2) is 91.0 Å². The lowest BCUT2D eigenvalue weighted by Gasteiger charge is -2.42. The predicted octanol–water partition coefficient (Wildman–Crippen LogP) is 5.71. The maximum absolute atomic E-state index is 6.90. The van der Waals surface area contributed by atoms with Gasteiger partial charge in [0.2, 0.25) is 0 Å². The van der Waals surface area contributed by atoms with Gasteiger partial charge in [-0.2, -0.15) is 0 Å². The molecule has 2 aliphatic rings. The molecule has 3 heteroatoms. The molecule has 1 aliphatic carbocycles. The lowest BCUT2D eigenvalue weighted by molar-refractivity contribution is -0.0352. The summed E-state index contributed by atoms with van der Waals surface area (Å²) in [5.41, 5.74) is 4.01. The predicted molar refractivity (Wildman–Crippen MR) is 119 cm³/mol. The summed E-state index contributed by atoms with van der Waals surface area (Å²) in [4.78, 5) is 0. The molecule has 0 radical (unpaired) electrons. The Morgan fingerprint density at radius 3 is 1.93 bits per heavy atom. The molecular formula is C27H24O3. The summed E-state index contributed by atoms with van der Waals surface area (Å²) in [6, 6.07) is 24.8. The number of benzene rings is 3. The summed E-state index contributed by atoms with van der Waals surface area (Å²) in [5, 5.41) is 0. The fourth-order valence-corrected chi connectivity index (χ4v) is 4.45. The zero-order chi connectivity index (χ0) is 20.6. The Balaban J connectivity index is 1.63. The molecule has 3 aromatic rings. The number of ether oxygens (including phenoxy) is 3. The van der Waals surface area contributed by atoms with Crippen LogP contribution in [0.1, 0.15) is 28.2 Å². The maximum atomic E-state index is 6.90. The number of hydrogen-bond acceptors (Lipinski definition) is 3. The largest absolute Gasteiger partial charge is 0.497 e. The van der Waals surface area contributed by atoms with E-state index in [2.05, 4.69) is 72.8 Å². The molecule has 1 aliphatic heterocycles. The molecule has 0 spiro atoms. The highest BCUT2D eigenvalue weighted by molar-refractivity contribution is 5.61. The molecule has 0 saturated heterocycles. The minimum Gasteiger partial charge on any atom is -0.497 e. The van der Waals surface area contributed by atoms with Gasteiger partial charge in [0.05, 0.1) is 20.3 Å². The molecule has 1 heterocycles. The van der Waals surface area contributed by atoms with Crippen LogP contribution in [0.3, 0.4) is 0 Å². The van der Waals surface area contributed by atoms with E-state index in [1.54, 1.807) is 14.2 Å². The van der Waals surface area contributed by atoms with Gasteiger partial charge in [-0.15, -0.1) is 0 Å². The Morgan fingerprint density at radius 1 is 0.733 bits per heavy atom. The first-order valence-corrected chi connectivity index (χ1v) is 10.2. The van der Waals surface area contributed by atoms with E-state index in [-0.39, 0.29) is 12.0 Å². The molecule has 0 N–H and O–H groups in total. The van der Waals surface area contributed by atoms with Crippen LogP contribution < -0.4 is 9.47 Å². The standard InChI is InChI=1S/C27H24O3/c1-28-22-12-8-20(9-13-22)27(21-10-14-23(29-2)15-11-21)18-17-25-24-6-4-3-5-19(24)7-16-26(25)30-27/h3-18,25-26H,1-2H3/t25-,26-/m1/s1. The lowest BCUT2D eigenvalue weighted by atomic mass is 9.77. The van der Waals surface area contributed by atoms with Gasteiger partial charge in [0.1, 0.15) is 17.1 Å². The second kappa shape index (κ2) is 7.51. The van der Waals surface area contributed by atoms with E-state index >= 15 is 0 Å². The molecule has 0 amide bonds. The van der Waals surface area contributed by atoms with Gasteiger partial charge in [-0.1, -0.05) is 66.8 Å². The van der Waals surface area contributed by atoms with Crippen molar-refractivity contribution in [2.24, 2.45) is 0 Å². The average Bonchev–Trinajstić information content (AvgIpc) is 2.83. The molecule has 0 unspecified atom stereocenters. The van der Waals surface area contributed by atoms with Crippen LogP contribution in [0, 0.1) is 0 Å². The van der Waals surface area contributed by atoms with Crippen molar-refractivity contribution in [1.29, 1.82) is 0 Å². The lowest BCUT2D eigenvalue weighted by Crippen LogP contribution is -2.39. The van der Waals surface area contributed by atoms with Gasteiger partial charge >= 0.3 is 0 Å². The van der Waals surface area contributed by atoms with E-state index in [4.69, 9.17) is 14.2 Å². The fraction of sp³-hybridized carbons (Fsp3) is 0.185. The molecular weight excluding hydrogens is 372 g/mol. The summed E-state index contributed by atoms with van der Waals surface area (Å²) in [6.07, 6.45) is 8.80. The van der Waals surface area contributed by atoms with Crippen LogP contribution >= 0.6 is 0 Å². The van der Waals surface area contributed by atoms with Crippen molar-refractivity contribution >= 4 is 6.08 Å². The Hall–Kier alpha value is -3.30. The Labute approximate surface area is 177 Å². The molecule has 0 bridgehead atoms. The van der Waals surface area contributed by atoms with Gasteiger partial charge in [0.15, 0.2) is 0 Å². The zero-order valence-corrected chi connectivity index (χ0v) is 17.1. The van der Waals surface area contributed by atoms with Gasteiger partial charge in [0.25, 0.3) is 0 Å². The van der Waals surface area contributed by atoms with Crippen molar-refractivity contribution in [3.8, 4) is 11.5 Å². The summed E-state index contributed by atoms with van der Waals surface area (Å²) in [7, 11) is 3.36.